The van der Waals surface area contributed by atoms with Crippen LogP contribution >= 0.6 is 0 Å². The first kappa shape index (κ1) is 9.44. The zero-order valence-corrected chi connectivity index (χ0v) is 7.75. The second-order valence-electron chi connectivity index (χ2n) is 2.81. The van der Waals surface area contributed by atoms with Gasteiger partial charge in [0.05, 0.1) is 0 Å². The van der Waals surface area contributed by atoms with Gasteiger partial charge in [-0.05, 0) is 13.8 Å². The molecule has 0 saturated heterocycles. The maximum atomic E-state index is 11.0. The molecule has 0 aliphatic carbocycles. The third kappa shape index (κ3) is 1.58. The molecule has 1 heterocycles. The Morgan fingerprint density at radius 1 is 1.54 bits per heavy atom. The Morgan fingerprint density at radius 3 is 2.54 bits per heavy atom. The molecule has 0 atom stereocenters. The van der Waals surface area contributed by atoms with Crippen molar-refractivity contribution >= 4 is 11.5 Å². The number of hydrogen-bond donors (Lipinski definition) is 2. The molecule has 0 aromatic carbocycles. The van der Waals surface area contributed by atoms with E-state index >= 15 is 0 Å². The van der Waals surface area contributed by atoms with Gasteiger partial charge in [-0.1, -0.05) is 5.16 Å². The molecule has 0 aliphatic rings. The number of H-pyrrole nitrogens is 1. The number of Topliss-reactive ketones (excluding diaryl/α,β-unsaturated/α-hetero) is 1. The normalized spacial score (nSPS) is 11.8. The quantitative estimate of drug-likeness (QED) is 0.310. The highest BCUT2D eigenvalue weighted by Gasteiger charge is 2.14. The molecule has 5 nitrogen and oxygen atoms in total. The van der Waals surface area contributed by atoms with Gasteiger partial charge in [-0.25, -0.2) is 0 Å². The number of rotatable bonds is 2. The largest absolute Gasteiger partial charge is 0.411 e. The van der Waals surface area contributed by atoms with Crippen molar-refractivity contribution in [3.8, 4) is 0 Å². The fourth-order valence-electron chi connectivity index (χ4n) is 1.14. The second kappa shape index (κ2) is 3.38. The summed E-state index contributed by atoms with van der Waals surface area (Å²) in [6, 6.07) is 0. The topological polar surface area (TPSA) is 78.3 Å². The molecule has 0 unspecified atom stereocenters. The van der Waals surface area contributed by atoms with Crippen LogP contribution in [0.25, 0.3) is 0 Å². The number of ketones is 1. The lowest BCUT2D eigenvalue weighted by Crippen LogP contribution is -1.99. The maximum Gasteiger partial charge on any atom is 0.177 e. The number of carbonyl (C=O) groups is 1. The van der Waals surface area contributed by atoms with Gasteiger partial charge in [-0.15, -0.1) is 0 Å². The molecule has 1 aromatic rings. The van der Waals surface area contributed by atoms with Crippen molar-refractivity contribution in [3.05, 3.63) is 17.0 Å². The number of hydrogen-bond acceptors (Lipinski definition) is 4. The van der Waals surface area contributed by atoms with Crippen molar-refractivity contribution in [2.24, 2.45) is 5.16 Å². The molecule has 13 heavy (non-hydrogen) atoms. The van der Waals surface area contributed by atoms with E-state index in [1.165, 1.54) is 6.92 Å². The third-order valence-corrected chi connectivity index (χ3v) is 1.85. The Balaban J connectivity index is 3.21. The highest BCUT2D eigenvalue weighted by molar-refractivity contribution is 6.02. The summed E-state index contributed by atoms with van der Waals surface area (Å²) < 4.78 is 0. The van der Waals surface area contributed by atoms with Gasteiger partial charge >= 0.3 is 0 Å². The summed E-state index contributed by atoms with van der Waals surface area (Å²) in [6.07, 6.45) is 0. The maximum absolute atomic E-state index is 11.0. The average molecular weight is 181 g/mol. The van der Waals surface area contributed by atoms with E-state index in [1.54, 1.807) is 13.8 Å². The van der Waals surface area contributed by atoms with Crippen molar-refractivity contribution in [2.45, 2.75) is 20.8 Å². The number of aromatic amines is 1. The SMILES string of the molecule is CC(=O)c1[nH]nc(/C(C)=N/O)c1C. The van der Waals surface area contributed by atoms with E-state index < -0.39 is 0 Å². The van der Waals surface area contributed by atoms with E-state index in [9.17, 15) is 4.79 Å². The van der Waals surface area contributed by atoms with Crippen molar-refractivity contribution in [2.75, 3.05) is 0 Å². The van der Waals surface area contributed by atoms with Crippen LogP contribution in [-0.4, -0.2) is 26.9 Å². The van der Waals surface area contributed by atoms with E-state index in [2.05, 4.69) is 15.4 Å². The Kier molecular flexibility index (Phi) is 2.46. The van der Waals surface area contributed by atoms with Crippen molar-refractivity contribution in [3.63, 3.8) is 0 Å². The summed E-state index contributed by atoms with van der Waals surface area (Å²) in [5.41, 5.74) is 2.08. The molecule has 0 bridgehead atoms. The Bertz CT molecular complexity index is 365. The van der Waals surface area contributed by atoms with E-state index in [0.29, 0.717) is 22.7 Å². The van der Waals surface area contributed by atoms with Crippen LogP contribution in [0.1, 0.15) is 35.6 Å². The molecule has 2 N–H and O–H groups in total. The van der Waals surface area contributed by atoms with Crippen LogP contribution in [-0.2, 0) is 0 Å². The summed E-state index contributed by atoms with van der Waals surface area (Å²) in [5, 5.41) is 18.0. The zero-order chi connectivity index (χ0) is 10.0. The molecule has 0 fully saturated rings. The molecule has 0 saturated carbocycles. The predicted molar refractivity (Wildman–Crippen MR) is 47.3 cm³/mol. The molecule has 0 amide bonds. The number of aromatic nitrogens is 2. The van der Waals surface area contributed by atoms with Gasteiger partial charge in [-0.3, -0.25) is 9.89 Å². The van der Waals surface area contributed by atoms with Gasteiger partial charge < -0.3 is 5.21 Å². The predicted octanol–water partition coefficient (Wildman–Crippen LogP) is 1.12. The van der Waals surface area contributed by atoms with E-state index in [1.807, 2.05) is 0 Å². The summed E-state index contributed by atoms with van der Waals surface area (Å²) in [5.74, 6) is -0.0815. The van der Waals surface area contributed by atoms with Gasteiger partial charge in [0, 0.05) is 12.5 Å². The molecule has 0 aliphatic heterocycles. The number of carbonyl (C=O) groups excluding carboxylic acids is 1. The molecular formula is C8H11N3O2. The van der Waals surface area contributed by atoms with Crippen molar-refractivity contribution in [1.82, 2.24) is 10.2 Å². The minimum Gasteiger partial charge on any atom is -0.411 e. The second-order valence-corrected chi connectivity index (χ2v) is 2.81. The highest BCUT2D eigenvalue weighted by Crippen LogP contribution is 2.10. The van der Waals surface area contributed by atoms with Crippen LogP contribution in [0.3, 0.4) is 0 Å². The smallest absolute Gasteiger partial charge is 0.177 e. The molecule has 1 rings (SSSR count). The highest BCUT2D eigenvalue weighted by atomic mass is 16.4. The van der Waals surface area contributed by atoms with Crippen LogP contribution in [0.5, 0.6) is 0 Å². The first-order chi connectivity index (χ1) is 6.07. The molecule has 0 radical (unpaired) electrons. The third-order valence-electron chi connectivity index (χ3n) is 1.85. The zero-order valence-electron chi connectivity index (χ0n) is 7.75. The van der Waals surface area contributed by atoms with E-state index in [-0.39, 0.29) is 5.78 Å². The first-order valence-electron chi connectivity index (χ1n) is 3.82. The molecule has 0 spiro atoms. The molecule has 1 aromatic heterocycles. The lowest BCUT2D eigenvalue weighted by Gasteiger charge is -1.94. The van der Waals surface area contributed by atoms with Crippen LogP contribution in [0, 0.1) is 6.92 Å². The summed E-state index contributed by atoms with van der Waals surface area (Å²) in [6.45, 7) is 4.83. The van der Waals surface area contributed by atoms with Gasteiger partial charge in [0.1, 0.15) is 17.1 Å². The minimum atomic E-state index is -0.0815. The molecular weight excluding hydrogens is 170 g/mol. The first-order valence-corrected chi connectivity index (χ1v) is 3.82. The van der Waals surface area contributed by atoms with Crippen LogP contribution in [0.4, 0.5) is 0 Å². The summed E-state index contributed by atoms with van der Waals surface area (Å²) in [4.78, 5) is 11.0. The molecule has 70 valence electrons. The van der Waals surface area contributed by atoms with E-state index in [4.69, 9.17) is 5.21 Å². The average Bonchev–Trinajstić information content (AvgIpc) is 2.46. The van der Waals surface area contributed by atoms with Gasteiger partial charge in [0.2, 0.25) is 0 Å². The van der Waals surface area contributed by atoms with Gasteiger partial charge in [-0.2, -0.15) is 5.10 Å². The standard InChI is InChI=1S/C8H11N3O2/c1-4-7(5(2)11-13)9-10-8(4)6(3)12/h13H,1-3H3,(H,9,10)/b11-5+. The number of nitrogens with zero attached hydrogens (tertiary/aromatic N) is 2. The lowest BCUT2D eigenvalue weighted by atomic mass is 10.1. The summed E-state index contributed by atoms with van der Waals surface area (Å²) >= 11 is 0. The van der Waals surface area contributed by atoms with Gasteiger partial charge in [0.15, 0.2) is 5.78 Å². The van der Waals surface area contributed by atoms with Crippen LogP contribution in [0.2, 0.25) is 0 Å². The Morgan fingerprint density at radius 2 is 2.15 bits per heavy atom. The van der Waals surface area contributed by atoms with E-state index in [0.717, 1.165) is 0 Å². The lowest BCUT2D eigenvalue weighted by molar-refractivity contribution is 0.101. The Hall–Kier alpha value is -1.65. The minimum absolute atomic E-state index is 0.0815. The number of oxime groups is 1. The number of nitrogens with one attached hydrogen (secondary N) is 1. The van der Waals surface area contributed by atoms with Crippen LogP contribution < -0.4 is 0 Å². The molecule has 5 heteroatoms. The van der Waals surface area contributed by atoms with Gasteiger partial charge in [0.25, 0.3) is 0 Å². The Labute approximate surface area is 75.5 Å². The fraction of sp³-hybridized carbons (Fsp3) is 0.375. The monoisotopic (exact) mass is 181 g/mol. The van der Waals surface area contributed by atoms with Crippen molar-refractivity contribution in [1.29, 1.82) is 0 Å². The fourth-order valence-corrected chi connectivity index (χ4v) is 1.14. The van der Waals surface area contributed by atoms with Crippen molar-refractivity contribution < 1.29 is 10.0 Å². The summed E-state index contributed by atoms with van der Waals surface area (Å²) in [7, 11) is 0. The van der Waals surface area contributed by atoms with Crippen LogP contribution in [0.15, 0.2) is 5.16 Å².